The summed E-state index contributed by atoms with van der Waals surface area (Å²) >= 11 is 0. The highest BCUT2D eigenvalue weighted by molar-refractivity contribution is 7.92. The van der Waals surface area contributed by atoms with E-state index in [1.165, 1.54) is 24.3 Å². The zero-order chi connectivity index (χ0) is 20.0. The Morgan fingerprint density at radius 3 is 2.29 bits per heavy atom. The van der Waals surface area contributed by atoms with Gasteiger partial charge in [0.15, 0.2) is 6.61 Å². The second-order valence-electron chi connectivity index (χ2n) is 6.15. The van der Waals surface area contributed by atoms with E-state index in [2.05, 4.69) is 10.0 Å². The Balaban J connectivity index is 1.60. The van der Waals surface area contributed by atoms with Crippen molar-refractivity contribution >= 4 is 27.3 Å². The third kappa shape index (κ3) is 5.34. The Morgan fingerprint density at radius 1 is 0.893 bits per heavy atom. The van der Waals surface area contributed by atoms with Crippen LogP contribution in [-0.4, -0.2) is 20.9 Å². The van der Waals surface area contributed by atoms with Gasteiger partial charge in [0.2, 0.25) is 0 Å². The Hall–Kier alpha value is -3.32. The number of amides is 1. The molecular formula is C21H20N2O4S. The van der Waals surface area contributed by atoms with Gasteiger partial charge in [0.25, 0.3) is 15.9 Å². The first-order valence-corrected chi connectivity index (χ1v) is 10.1. The standard InChI is InChI=1S/C21H20N2O4S/c1-16-6-5-7-18(14-16)23-28(25,26)20-12-10-17(11-13-20)22-21(24)15-27-19-8-3-2-4-9-19/h2-14,23H,15H2,1H3,(H,22,24). The number of rotatable bonds is 7. The molecule has 0 heterocycles. The molecule has 7 heteroatoms. The van der Waals surface area contributed by atoms with Crippen LogP contribution in [0.4, 0.5) is 11.4 Å². The average molecular weight is 396 g/mol. The minimum Gasteiger partial charge on any atom is -0.484 e. The molecule has 3 rings (SSSR count). The smallest absolute Gasteiger partial charge is 0.262 e. The van der Waals surface area contributed by atoms with E-state index in [-0.39, 0.29) is 17.4 Å². The lowest BCUT2D eigenvalue weighted by molar-refractivity contribution is -0.118. The summed E-state index contributed by atoms with van der Waals surface area (Å²) in [6.07, 6.45) is 0. The SMILES string of the molecule is Cc1cccc(NS(=O)(=O)c2ccc(NC(=O)COc3ccccc3)cc2)c1. The van der Waals surface area contributed by atoms with E-state index in [4.69, 9.17) is 4.74 Å². The number of carbonyl (C=O) groups is 1. The molecule has 0 aliphatic carbocycles. The average Bonchev–Trinajstić information content (AvgIpc) is 2.67. The maximum Gasteiger partial charge on any atom is 0.262 e. The van der Waals surface area contributed by atoms with Crippen molar-refractivity contribution in [2.24, 2.45) is 0 Å². The van der Waals surface area contributed by atoms with E-state index in [1.54, 1.807) is 30.3 Å². The predicted molar refractivity (Wildman–Crippen MR) is 109 cm³/mol. The summed E-state index contributed by atoms with van der Waals surface area (Å²) < 4.78 is 32.9. The van der Waals surface area contributed by atoms with Crippen molar-refractivity contribution in [3.8, 4) is 5.75 Å². The Labute approximate surface area is 164 Å². The van der Waals surface area contributed by atoms with E-state index in [0.29, 0.717) is 17.1 Å². The molecule has 2 N–H and O–H groups in total. The van der Waals surface area contributed by atoms with Crippen molar-refractivity contribution in [2.45, 2.75) is 11.8 Å². The fourth-order valence-electron chi connectivity index (χ4n) is 2.50. The first-order valence-electron chi connectivity index (χ1n) is 8.60. The molecule has 0 atom stereocenters. The summed E-state index contributed by atoms with van der Waals surface area (Å²) in [5.74, 6) is 0.263. The lowest BCUT2D eigenvalue weighted by atomic mass is 10.2. The quantitative estimate of drug-likeness (QED) is 0.636. The number of aryl methyl sites for hydroxylation is 1. The van der Waals surface area contributed by atoms with Crippen molar-refractivity contribution in [3.05, 3.63) is 84.4 Å². The van der Waals surface area contributed by atoms with Gasteiger partial charge in [0, 0.05) is 11.4 Å². The summed E-state index contributed by atoms with van der Waals surface area (Å²) in [6, 6.07) is 22.0. The molecule has 144 valence electrons. The molecule has 0 fully saturated rings. The van der Waals surface area contributed by atoms with Gasteiger partial charge in [-0.2, -0.15) is 0 Å². The predicted octanol–water partition coefficient (Wildman–Crippen LogP) is 3.81. The molecule has 0 aliphatic rings. The molecule has 28 heavy (non-hydrogen) atoms. The molecule has 0 aromatic heterocycles. The normalized spacial score (nSPS) is 10.9. The van der Waals surface area contributed by atoms with Gasteiger partial charge < -0.3 is 10.1 Å². The largest absolute Gasteiger partial charge is 0.484 e. The molecule has 0 bridgehead atoms. The Morgan fingerprint density at radius 2 is 1.61 bits per heavy atom. The van der Waals surface area contributed by atoms with Crippen LogP contribution in [0.3, 0.4) is 0 Å². The summed E-state index contributed by atoms with van der Waals surface area (Å²) in [5.41, 5.74) is 1.93. The highest BCUT2D eigenvalue weighted by Crippen LogP contribution is 2.19. The number of nitrogens with one attached hydrogen (secondary N) is 2. The molecule has 6 nitrogen and oxygen atoms in total. The number of carbonyl (C=O) groups excluding carboxylic acids is 1. The number of anilines is 2. The fraction of sp³-hybridized carbons (Fsp3) is 0.0952. The zero-order valence-corrected chi connectivity index (χ0v) is 16.1. The van der Waals surface area contributed by atoms with Crippen LogP contribution in [0, 0.1) is 6.92 Å². The van der Waals surface area contributed by atoms with Crippen molar-refractivity contribution in [2.75, 3.05) is 16.6 Å². The van der Waals surface area contributed by atoms with E-state index in [1.807, 2.05) is 31.2 Å². The minimum atomic E-state index is -3.71. The van der Waals surface area contributed by atoms with Gasteiger partial charge in [-0.3, -0.25) is 9.52 Å². The number of ether oxygens (including phenoxy) is 1. The first kappa shape index (κ1) is 19.4. The third-order valence-electron chi connectivity index (χ3n) is 3.83. The molecule has 0 radical (unpaired) electrons. The minimum absolute atomic E-state index is 0.104. The second-order valence-corrected chi connectivity index (χ2v) is 7.83. The fourth-order valence-corrected chi connectivity index (χ4v) is 3.55. The van der Waals surface area contributed by atoms with E-state index >= 15 is 0 Å². The van der Waals surface area contributed by atoms with Crippen molar-refractivity contribution in [3.63, 3.8) is 0 Å². The monoisotopic (exact) mass is 396 g/mol. The number of hydrogen-bond donors (Lipinski definition) is 2. The lowest BCUT2D eigenvalue weighted by Crippen LogP contribution is -2.20. The molecule has 0 saturated heterocycles. The number of hydrogen-bond acceptors (Lipinski definition) is 4. The van der Waals surface area contributed by atoms with Gasteiger partial charge in [-0.25, -0.2) is 8.42 Å². The first-order chi connectivity index (χ1) is 13.4. The van der Waals surface area contributed by atoms with Crippen molar-refractivity contribution in [1.82, 2.24) is 0 Å². The van der Waals surface area contributed by atoms with Gasteiger partial charge in [0.1, 0.15) is 5.75 Å². The second kappa shape index (κ2) is 8.58. The third-order valence-corrected chi connectivity index (χ3v) is 5.23. The van der Waals surface area contributed by atoms with Crippen LogP contribution < -0.4 is 14.8 Å². The summed E-state index contributed by atoms with van der Waals surface area (Å²) in [5, 5.41) is 2.67. The van der Waals surface area contributed by atoms with Crippen LogP contribution >= 0.6 is 0 Å². The van der Waals surface area contributed by atoms with E-state index < -0.39 is 10.0 Å². The number of para-hydroxylation sites is 1. The molecule has 0 unspecified atom stereocenters. The van der Waals surface area contributed by atoms with Crippen LogP contribution in [0.1, 0.15) is 5.56 Å². The zero-order valence-electron chi connectivity index (χ0n) is 15.3. The van der Waals surface area contributed by atoms with Crippen LogP contribution in [-0.2, 0) is 14.8 Å². The molecule has 3 aromatic carbocycles. The molecular weight excluding hydrogens is 376 g/mol. The highest BCUT2D eigenvalue weighted by atomic mass is 32.2. The maximum atomic E-state index is 12.5. The topological polar surface area (TPSA) is 84.5 Å². The van der Waals surface area contributed by atoms with E-state index in [9.17, 15) is 13.2 Å². The molecule has 0 spiro atoms. The van der Waals surface area contributed by atoms with Crippen molar-refractivity contribution in [1.29, 1.82) is 0 Å². The lowest BCUT2D eigenvalue weighted by Gasteiger charge is -2.10. The Bertz CT molecular complexity index is 1050. The van der Waals surface area contributed by atoms with Gasteiger partial charge in [-0.15, -0.1) is 0 Å². The maximum absolute atomic E-state index is 12.5. The van der Waals surface area contributed by atoms with Gasteiger partial charge in [-0.1, -0.05) is 30.3 Å². The molecule has 1 amide bonds. The number of sulfonamides is 1. The van der Waals surface area contributed by atoms with Gasteiger partial charge in [-0.05, 0) is 61.0 Å². The van der Waals surface area contributed by atoms with Crippen LogP contribution in [0.2, 0.25) is 0 Å². The Kier molecular flexibility index (Phi) is 5.96. The van der Waals surface area contributed by atoms with Gasteiger partial charge in [0.05, 0.1) is 4.90 Å². The van der Waals surface area contributed by atoms with Crippen LogP contribution in [0.25, 0.3) is 0 Å². The highest BCUT2D eigenvalue weighted by Gasteiger charge is 2.14. The van der Waals surface area contributed by atoms with Crippen molar-refractivity contribution < 1.29 is 17.9 Å². The number of benzene rings is 3. The summed E-state index contributed by atoms with van der Waals surface area (Å²) in [7, 11) is -3.71. The van der Waals surface area contributed by atoms with Gasteiger partial charge >= 0.3 is 0 Å². The van der Waals surface area contributed by atoms with E-state index in [0.717, 1.165) is 5.56 Å². The summed E-state index contributed by atoms with van der Waals surface area (Å²) in [6.45, 7) is 1.75. The summed E-state index contributed by atoms with van der Waals surface area (Å²) in [4.78, 5) is 12.1. The van der Waals surface area contributed by atoms with Crippen LogP contribution in [0.5, 0.6) is 5.75 Å². The molecule has 0 saturated carbocycles. The van der Waals surface area contributed by atoms with Crippen LogP contribution in [0.15, 0.2) is 83.8 Å². The molecule has 0 aliphatic heterocycles. The molecule has 3 aromatic rings.